The van der Waals surface area contributed by atoms with E-state index in [0.717, 1.165) is 0 Å². The number of fused-ring (bicyclic) bond motifs is 2. The number of hydrogen-bond acceptors (Lipinski definition) is 0. The summed E-state index contributed by atoms with van der Waals surface area (Å²) in [6.45, 7) is 13.7. The summed E-state index contributed by atoms with van der Waals surface area (Å²) < 4.78 is 0. The molecule has 0 radical (unpaired) electrons. The summed E-state index contributed by atoms with van der Waals surface area (Å²) in [5, 5.41) is 1.26. The molecule has 0 saturated heterocycles. The number of para-hydroxylation sites is 1. The molecule has 1 aromatic carbocycles. The molecule has 27 heavy (non-hydrogen) atoms. The molecule has 0 saturated carbocycles. The average molecular weight is 356 g/mol. The third-order valence-electron chi connectivity index (χ3n) is 5.51. The van der Waals surface area contributed by atoms with Crippen molar-refractivity contribution < 1.29 is 0 Å². The van der Waals surface area contributed by atoms with Crippen LogP contribution in [0.25, 0.3) is 33.3 Å². The molecule has 0 unspecified atom stereocenters. The largest absolute Gasteiger partial charge is 0.355 e. The molecule has 1 aromatic heterocycles. The molecule has 0 spiro atoms. The summed E-state index contributed by atoms with van der Waals surface area (Å²) in [5.41, 5.74) is 9.35. The first kappa shape index (κ1) is 17.9. The van der Waals surface area contributed by atoms with E-state index in [2.05, 4.69) is 107 Å². The van der Waals surface area contributed by atoms with Crippen LogP contribution in [0.1, 0.15) is 52.7 Å². The first-order chi connectivity index (χ1) is 12.6. The zero-order valence-corrected chi connectivity index (χ0v) is 17.3. The third kappa shape index (κ3) is 3.16. The lowest BCUT2D eigenvalue weighted by Gasteiger charge is -2.19. The van der Waals surface area contributed by atoms with Crippen molar-refractivity contribution in [1.29, 1.82) is 0 Å². The molecule has 2 aliphatic rings. The second-order valence-electron chi connectivity index (χ2n) is 9.69. The van der Waals surface area contributed by atoms with Gasteiger partial charge < -0.3 is 4.98 Å². The van der Waals surface area contributed by atoms with Crippen LogP contribution in [0.15, 0.2) is 60.7 Å². The summed E-state index contributed by atoms with van der Waals surface area (Å²) in [5.74, 6) is 0. The average Bonchev–Trinajstić information content (AvgIpc) is 3.08. The summed E-state index contributed by atoms with van der Waals surface area (Å²) in [6.07, 6.45) is 0. The van der Waals surface area contributed by atoms with Gasteiger partial charge in [0.25, 0.3) is 0 Å². The SMILES string of the molecule is CC(C)(C)c1ccc2c(-c3cc4ccccc4[nH]3)cc(C(C)(C)C)c-2cc1. The molecule has 0 amide bonds. The second kappa shape index (κ2) is 5.99. The fraction of sp³-hybridized carbons (Fsp3) is 0.308. The van der Waals surface area contributed by atoms with Crippen molar-refractivity contribution in [1.82, 2.24) is 4.98 Å². The van der Waals surface area contributed by atoms with E-state index in [-0.39, 0.29) is 10.8 Å². The Balaban J connectivity index is 2.00. The van der Waals surface area contributed by atoms with Crippen LogP contribution < -0.4 is 0 Å². The quantitative estimate of drug-likeness (QED) is 0.363. The highest BCUT2D eigenvalue weighted by molar-refractivity contribution is 5.93. The molecule has 1 N–H and O–H groups in total. The van der Waals surface area contributed by atoms with E-state index in [1.165, 1.54) is 44.4 Å². The lowest BCUT2D eigenvalue weighted by atomic mass is 9.85. The van der Waals surface area contributed by atoms with Gasteiger partial charge in [0, 0.05) is 22.2 Å². The predicted octanol–water partition coefficient (Wildman–Crippen LogP) is 7.53. The predicted molar refractivity (Wildman–Crippen MR) is 118 cm³/mol. The maximum Gasteiger partial charge on any atom is 0.0471 e. The fourth-order valence-corrected chi connectivity index (χ4v) is 3.91. The van der Waals surface area contributed by atoms with Crippen molar-refractivity contribution in [3.63, 3.8) is 0 Å². The zero-order valence-electron chi connectivity index (χ0n) is 17.3. The molecule has 1 heterocycles. The van der Waals surface area contributed by atoms with Gasteiger partial charge in [-0.05, 0) is 51.3 Å². The van der Waals surface area contributed by atoms with Gasteiger partial charge in [-0.3, -0.25) is 0 Å². The molecule has 1 heteroatoms. The van der Waals surface area contributed by atoms with Gasteiger partial charge in [0.1, 0.15) is 0 Å². The van der Waals surface area contributed by atoms with Crippen molar-refractivity contribution in [3.05, 3.63) is 71.8 Å². The number of aromatic amines is 1. The van der Waals surface area contributed by atoms with Gasteiger partial charge in [0.15, 0.2) is 0 Å². The van der Waals surface area contributed by atoms with Crippen molar-refractivity contribution in [3.8, 4) is 22.4 Å². The minimum absolute atomic E-state index is 0.0960. The summed E-state index contributed by atoms with van der Waals surface area (Å²) in [4.78, 5) is 3.62. The number of hydrogen-bond donors (Lipinski definition) is 1. The lowest BCUT2D eigenvalue weighted by Crippen LogP contribution is -2.10. The molecule has 4 rings (SSSR count). The Morgan fingerprint density at radius 3 is 1.93 bits per heavy atom. The second-order valence-corrected chi connectivity index (χ2v) is 9.69. The van der Waals surface area contributed by atoms with Crippen molar-refractivity contribution >= 4 is 10.9 Å². The molecule has 2 aromatic rings. The zero-order chi connectivity index (χ0) is 19.4. The molecule has 0 atom stereocenters. The van der Waals surface area contributed by atoms with E-state index in [4.69, 9.17) is 0 Å². The topological polar surface area (TPSA) is 15.8 Å². The van der Waals surface area contributed by atoms with Crippen molar-refractivity contribution in [2.24, 2.45) is 0 Å². The van der Waals surface area contributed by atoms with Crippen molar-refractivity contribution in [2.45, 2.75) is 52.4 Å². The van der Waals surface area contributed by atoms with Crippen LogP contribution in [-0.2, 0) is 10.8 Å². The van der Waals surface area contributed by atoms with Crippen LogP contribution in [0, 0.1) is 0 Å². The first-order valence-corrected chi connectivity index (χ1v) is 9.80. The molecule has 2 aliphatic carbocycles. The molecule has 0 bridgehead atoms. The highest BCUT2D eigenvalue weighted by Gasteiger charge is 2.25. The third-order valence-corrected chi connectivity index (χ3v) is 5.51. The van der Waals surface area contributed by atoms with Gasteiger partial charge >= 0.3 is 0 Å². The van der Waals surface area contributed by atoms with Crippen LogP contribution >= 0.6 is 0 Å². The Morgan fingerprint density at radius 2 is 1.30 bits per heavy atom. The van der Waals surface area contributed by atoms with Crippen LogP contribution in [0.3, 0.4) is 0 Å². The maximum atomic E-state index is 3.62. The molecular weight excluding hydrogens is 326 g/mol. The fourth-order valence-electron chi connectivity index (χ4n) is 3.91. The Labute approximate surface area is 162 Å². The summed E-state index contributed by atoms with van der Waals surface area (Å²) in [6, 6.07) is 22.4. The number of nitrogens with one attached hydrogen (secondary N) is 1. The van der Waals surface area contributed by atoms with Gasteiger partial charge in [-0.15, -0.1) is 0 Å². The van der Waals surface area contributed by atoms with E-state index in [0.29, 0.717) is 0 Å². The standard InChI is InChI=1S/C26H29N/c1-25(2,3)18-11-13-19-20(14-12-18)22(26(4,5)6)16-21(19)24-15-17-9-7-8-10-23(17)27-24/h7-16,27H,1-6H3. The Hall–Kier alpha value is -2.54. The lowest BCUT2D eigenvalue weighted by molar-refractivity contribution is 0.590. The molecule has 0 aliphatic heterocycles. The molecular formula is C26H29N. The number of rotatable bonds is 1. The van der Waals surface area contributed by atoms with Crippen LogP contribution in [0.4, 0.5) is 0 Å². The Morgan fingerprint density at radius 1 is 0.630 bits per heavy atom. The first-order valence-electron chi connectivity index (χ1n) is 9.80. The molecule has 138 valence electrons. The number of H-pyrrole nitrogens is 1. The minimum atomic E-state index is 0.0960. The van der Waals surface area contributed by atoms with E-state index in [1.807, 2.05) is 0 Å². The maximum absolute atomic E-state index is 3.62. The van der Waals surface area contributed by atoms with Gasteiger partial charge in [-0.1, -0.05) is 84.0 Å². The minimum Gasteiger partial charge on any atom is -0.355 e. The van der Waals surface area contributed by atoms with E-state index in [9.17, 15) is 0 Å². The van der Waals surface area contributed by atoms with E-state index in [1.54, 1.807) is 0 Å². The molecule has 0 fully saturated rings. The molecule has 1 nitrogen and oxygen atoms in total. The highest BCUT2D eigenvalue weighted by Crippen LogP contribution is 2.44. The smallest absolute Gasteiger partial charge is 0.0471 e. The van der Waals surface area contributed by atoms with Crippen LogP contribution in [-0.4, -0.2) is 4.98 Å². The normalized spacial score (nSPS) is 12.8. The number of aromatic nitrogens is 1. The van der Waals surface area contributed by atoms with Gasteiger partial charge in [0.05, 0.1) is 0 Å². The monoisotopic (exact) mass is 355 g/mol. The summed E-state index contributed by atoms with van der Waals surface area (Å²) in [7, 11) is 0. The van der Waals surface area contributed by atoms with Crippen molar-refractivity contribution in [2.75, 3.05) is 0 Å². The highest BCUT2D eigenvalue weighted by atomic mass is 14.7. The van der Waals surface area contributed by atoms with Gasteiger partial charge in [0.2, 0.25) is 0 Å². The van der Waals surface area contributed by atoms with Crippen LogP contribution in [0.5, 0.6) is 0 Å². The Bertz CT molecular complexity index is 1050. The van der Waals surface area contributed by atoms with Gasteiger partial charge in [-0.2, -0.15) is 0 Å². The van der Waals surface area contributed by atoms with E-state index < -0.39 is 0 Å². The van der Waals surface area contributed by atoms with Gasteiger partial charge in [-0.25, -0.2) is 0 Å². The van der Waals surface area contributed by atoms with E-state index >= 15 is 0 Å². The summed E-state index contributed by atoms with van der Waals surface area (Å²) >= 11 is 0. The van der Waals surface area contributed by atoms with Crippen LogP contribution in [0.2, 0.25) is 0 Å². The number of benzene rings is 1. The Kier molecular flexibility index (Phi) is 3.96.